The number of nitrogens with zero attached hydrogens (tertiary/aromatic N) is 1. The average molecular weight is 248 g/mol. The van der Waals surface area contributed by atoms with Crippen molar-refractivity contribution in [1.82, 2.24) is 4.90 Å². The van der Waals surface area contributed by atoms with Gasteiger partial charge in [0.1, 0.15) is 0 Å². The second-order valence-electron chi connectivity index (χ2n) is 5.54. The van der Waals surface area contributed by atoms with Crippen molar-refractivity contribution in [3.63, 3.8) is 0 Å². The molecular formula is C15H24N2O. The largest absolute Gasteiger partial charge is 0.341 e. The maximum Gasteiger partial charge on any atom is 0.253 e. The summed E-state index contributed by atoms with van der Waals surface area (Å²) in [5.74, 6) is 0.0778. The van der Waals surface area contributed by atoms with Crippen molar-refractivity contribution in [1.29, 1.82) is 0 Å². The fourth-order valence-corrected chi connectivity index (χ4v) is 2.02. The van der Waals surface area contributed by atoms with Crippen molar-refractivity contribution in [2.24, 2.45) is 11.1 Å². The summed E-state index contributed by atoms with van der Waals surface area (Å²) in [6.45, 7) is 7.45. The number of hydrogen-bond acceptors (Lipinski definition) is 2. The minimum Gasteiger partial charge on any atom is -0.341 e. The molecule has 0 aromatic heterocycles. The Morgan fingerprint density at radius 3 is 2.50 bits per heavy atom. The third-order valence-electron chi connectivity index (χ3n) is 3.19. The molecule has 0 aliphatic carbocycles. The second-order valence-corrected chi connectivity index (χ2v) is 5.54. The Morgan fingerprint density at radius 2 is 1.94 bits per heavy atom. The maximum absolute atomic E-state index is 12.4. The average Bonchev–Trinajstić information content (AvgIpc) is 2.37. The first-order valence-electron chi connectivity index (χ1n) is 6.44. The van der Waals surface area contributed by atoms with Crippen LogP contribution in [0.1, 0.15) is 36.7 Å². The molecule has 0 saturated carbocycles. The third-order valence-corrected chi connectivity index (χ3v) is 3.19. The molecule has 18 heavy (non-hydrogen) atoms. The van der Waals surface area contributed by atoms with Crippen LogP contribution in [0.5, 0.6) is 0 Å². The van der Waals surface area contributed by atoms with E-state index in [4.69, 9.17) is 5.73 Å². The van der Waals surface area contributed by atoms with Crippen molar-refractivity contribution in [3.05, 3.63) is 35.4 Å². The fourth-order valence-electron chi connectivity index (χ4n) is 2.02. The zero-order valence-corrected chi connectivity index (χ0v) is 11.9. The van der Waals surface area contributed by atoms with Crippen molar-refractivity contribution in [2.45, 2.75) is 27.2 Å². The van der Waals surface area contributed by atoms with Gasteiger partial charge in [-0.25, -0.2) is 0 Å². The smallest absolute Gasteiger partial charge is 0.253 e. The van der Waals surface area contributed by atoms with Crippen LogP contribution in [0.3, 0.4) is 0 Å². The van der Waals surface area contributed by atoms with E-state index in [1.54, 1.807) is 4.90 Å². The molecule has 0 spiro atoms. The lowest BCUT2D eigenvalue weighted by molar-refractivity contribution is 0.0739. The van der Waals surface area contributed by atoms with Crippen molar-refractivity contribution >= 4 is 5.91 Å². The van der Waals surface area contributed by atoms with Gasteiger partial charge in [0, 0.05) is 19.2 Å². The zero-order chi connectivity index (χ0) is 13.8. The van der Waals surface area contributed by atoms with Gasteiger partial charge >= 0.3 is 0 Å². The first-order chi connectivity index (χ1) is 8.41. The molecule has 1 rings (SSSR count). The summed E-state index contributed by atoms with van der Waals surface area (Å²) >= 11 is 0. The summed E-state index contributed by atoms with van der Waals surface area (Å²) in [5.41, 5.74) is 7.56. The van der Waals surface area contributed by atoms with Gasteiger partial charge in [-0.3, -0.25) is 4.79 Å². The Bertz CT molecular complexity index is 413. The first-order valence-corrected chi connectivity index (χ1v) is 6.44. The molecule has 0 fully saturated rings. The molecule has 2 N–H and O–H groups in total. The Hall–Kier alpha value is -1.35. The van der Waals surface area contributed by atoms with E-state index >= 15 is 0 Å². The Labute approximate surface area is 110 Å². The van der Waals surface area contributed by atoms with Crippen molar-refractivity contribution < 1.29 is 4.79 Å². The summed E-state index contributed by atoms with van der Waals surface area (Å²) < 4.78 is 0. The van der Waals surface area contributed by atoms with Gasteiger partial charge in [-0.05, 0) is 30.0 Å². The zero-order valence-electron chi connectivity index (χ0n) is 11.9. The lowest BCUT2D eigenvalue weighted by atomic mass is 9.93. The Balaban J connectivity index is 2.87. The number of amides is 1. The number of aryl methyl sites for hydroxylation is 1. The van der Waals surface area contributed by atoms with Gasteiger partial charge in [0.15, 0.2) is 0 Å². The molecule has 3 heteroatoms. The lowest BCUT2D eigenvalue weighted by Gasteiger charge is -2.29. The number of carbonyl (C=O) groups excluding carboxylic acids is 1. The second kappa shape index (κ2) is 6.01. The number of carbonyl (C=O) groups is 1. The van der Waals surface area contributed by atoms with Crippen LogP contribution in [-0.4, -0.2) is 30.9 Å². The summed E-state index contributed by atoms with van der Waals surface area (Å²) in [6.07, 6.45) is 0.871. The van der Waals surface area contributed by atoms with E-state index in [0.29, 0.717) is 13.1 Å². The highest BCUT2D eigenvalue weighted by Crippen LogP contribution is 2.17. The summed E-state index contributed by atoms with van der Waals surface area (Å²) in [6, 6.07) is 7.79. The molecule has 0 unspecified atom stereocenters. The van der Waals surface area contributed by atoms with Gasteiger partial charge in [-0.15, -0.1) is 0 Å². The van der Waals surface area contributed by atoms with Crippen LogP contribution in [0.15, 0.2) is 24.3 Å². The fraction of sp³-hybridized carbons (Fsp3) is 0.533. The standard InChI is InChI=1S/C15H24N2O/c1-5-12-8-6-7-9-13(12)14(18)17(4)11-15(2,3)10-16/h6-9H,5,10-11,16H2,1-4H3. The predicted octanol–water partition coefficient (Wildman–Crippen LogP) is 2.31. The summed E-state index contributed by atoms with van der Waals surface area (Å²) in [4.78, 5) is 14.2. The topological polar surface area (TPSA) is 46.3 Å². The predicted molar refractivity (Wildman–Crippen MR) is 75.6 cm³/mol. The van der Waals surface area contributed by atoms with E-state index in [0.717, 1.165) is 17.5 Å². The first kappa shape index (κ1) is 14.7. The third kappa shape index (κ3) is 3.57. The molecule has 1 aromatic carbocycles. The minimum absolute atomic E-state index is 0.0500. The van der Waals surface area contributed by atoms with Gasteiger partial charge in [0.05, 0.1) is 0 Å². The Kier molecular flexibility index (Phi) is 4.91. The number of rotatable bonds is 5. The van der Waals surface area contributed by atoms with E-state index in [9.17, 15) is 4.79 Å². The van der Waals surface area contributed by atoms with E-state index in [1.165, 1.54) is 0 Å². The molecular weight excluding hydrogens is 224 g/mol. The van der Waals surface area contributed by atoms with Crippen LogP contribution < -0.4 is 5.73 Å². The Morgan fingerprint density at radius 1 is 1.33 bits per heavy atom. The molecule has 1 amide bonds. The summed E-state index contributed by atoms with van der Waals surface area (Å²) in [5, 5.41) is 0. The molecule has 3 nitrogen and oxygen atoms in total. The number of hydrogen-bond donors (Lipinski definition) is 1. The van der Waals surface area contributed by atoms with Crippen LogP contribution >= 0.6 is 0 Å². The highest BCUT2D eigenvalue weighted by Gasteiger charge is 2.22. The van der Waals surface area contributed by atoms with Crippen molar-refractivity contribution in [3.8, 4) is 0 Å². The molecule has 0 bridgehead atoms. The summed E-state index contributed by atoms with van der Waals surface area (Å²) in [7, 11) is 1.84. The van der Waals surface area contributed by atoms with Gasteiger partial charge in [0.2, 0.25) is 0 Å². The van der Waals surface area contributed by atoms with Crippen LogP contribution in [0.4, 0.5) is 0 Å². The molecule has 0 atom stereocenters. The van der Waals surface area contributed by atoms with Crippen LogP contribution in [0.25, 0.3) is 0 Å². The highest BCUT2D eigenvalue weighted by atomic mass is 16.2. The molecule has 0 heterocycles. The quantitative estimate of drug-likeness (QED) is 0.869. The molecule has 100 valence electrons. The van der Waals surface area contributed by atoms with Gasteiger partial charge in [0.25, 0.3) is 5.91 Å². The van der Waals surface area contributed by atoms with E-state index in [2.05, 4.69) is 20.8 Å². The lowest BCUT2D eigenvalue weighted by Crippen LogP contribution is -2.40. The number of nitrogens with two attached hydrogens (primary N) is 1. The minimum atomic E-state index is -0.0500. The van der Waals surface area contributed by atoms with Gasteiger partial charge in [-0.2, -0.15) is 0 Å². The normalized spacial score (nSPS) is 11.4. The van der Waals surface area contributed by atoms with E-state index in [-0.39, 0.29) is 11.3 Å². The van der Waals surface area contributed by atoms with Crippen LogP contribution in [0, 0.1) is 5.41 Å². The van der Waals surface area contributed by atoms with Crippen LogP contribution in [0.2, 0.25) is 0 Å². The van der Waals surface area contributed by atoms with E-state index in [1.807, 2.05) is 31.3 Å². The van der Waals surface area contributed by atoms with Crippen LogP contribution in [-0.2, 0) is 6.42 Å². The van der Waals surface area contributed by atoms with Gasteiger partial charge in [-0.1, -0.05) is 39.0 Å². The van der Waals surface area contributed by atoms with Crippen molar-refractivity contribution in [2.75, 3.05) is 20.1 Å². The molecule has 0 radical (unpaired) electrons. The molecule has 0 aliphatic heterocycles. The number of benzene rings is 1. The van der Waals surface area contributed by atoms with Gasteiger partial charge < -0.3 is 10.6 Å². The maximum atomic E-state index is 12.4. The SMILES string of the molecule is CCc1ccccc1C(=O)N(C)CC(C)(C)CN. The molecule has 0 aliphatic rings. The monoisotopic (exact) mass is 248 g/mol. The molecule has 0 saturated heterocycles. The molecule has 1 aromatic rings. The van der Waals surface area contributed by atoms with E-state index < -0.39 is 0 Å². The highest BCUT2D eigenvalue weighted by molar-refractivity contribution is 5.95.